The number of hydrogen-bond acceptors (Lipinski definition) is 5. The van der Waals surface area contributed by atoms with Crippen LogP contribution in [-0.4, -0.2) is 32.6 Å². The highest BCUT2D eigenvalue weighted by atomic mass is 16.5. The summed E-state index contributed by atoms with van der Waals surface area (Å²) < 4.78 is 10.5. The number of ether oxygens (including phenoxy) is 2. The van der Waals surface area contributed by atoms with E-state index >= 15 is 0 Å². The minimum absolute atomic E-state index is 0.110. The van der Waals surface area contributed by atoms with Gasteiger partial charge in [0.25, 0.3) is 0 Å². The molecule has 4 N–H and O–H groups in total. The Hall–Kier alpha value is -2.28. The van der Waals surface area contributed by atoms with Gasteiger partial charge in [-0.15, -0.1) is 0 Å². The third-order valence-electron chi connectivity index (χ3n) is 3.44. The van der Waals surface area contributed by atoms with Gasteiger partial charge in [-0.25, -0.2) is 0 Å². The number of anilines is 2. The topological polar surface area (TPSA) is 103 Å². The molecule has 24 heavy (non-hydrogen) atoms. The minimum atomic E-state index is -0.170. The van der Waals surface area contributed by atoms with Gasteiger partial charge in [-0.1, -0.05) is 13.3 Å². The van der Waals surface area contributed by atoms with E-state index in [1.54, 1.807) is 12.1 Å². The van der Waals surface area contributed by atoms with Gasteiger partial charge in [0.2, 0.25) is 11.8 Å². The van der Waals surface area contributed by atoms with E-state index in [0.29, 0.717) is 48.7 Å². The number of rotatable bonds is 10. The second-order valence-corrected chi connectivity index (χ2v) is 5.34. The zero-order valence-corrected chi connectivity index (χ0v) is 14.6. The summed E-state index contributed by atoms with van der Waals surface area (Å²) in [4.78, 5) is 24.0. The standard InChI is InChI=1S/C17H27N3O4/c1-4-5-7-16(21)19-12-10-14(23-2)15(24-3)11-13(12)20-17(22)8-6-9-18/h10-11H,4-9,18H2,1-3H3,(H,19,21)(H,20,22). The lowest BCUT2D eigenvalue weighted by molar-refractivity contribution is -0.117. The van der Waals surface area contributed by atoms with Crippen LogP contribution in [-0.2, 0) is 9.59 Å². The van der Waals surface area contributed by atoms with Crippen LogP contribution < -0.4 is 25.8 Å². The Kier molecular flexibility index (Phi) is 8.64. The first-order valence-corrected chi connectivity index (χ1v) is 8.11. The monoisotopic (exact) mass is 337 g/mol. The molecule has 0 unspecified atom stereocenters. The largest absolute Gasteiger partial charge is 0.493 e. The number of amides is 2. The predicted octanol–water partition coefficient (Wildman–Crippen LogP) is 2.51. The number of methoxy groups -OCH3 is 2. The molecule has 0 radical (unpaired) electrons. The Balaban J connectivity index is 3.03. The second kappa shape index (κ2) is 10.5. The molecule has 1 rings (SSSR count). The number of carbonyl (C=O) groups excluding carboxylic acids is 2. The van der Waals surface area contributed by atoms with Crippen molar-refractivity contribution in [3.63, 3.8) is 0 Å². The molecule has 0 bridgehead atoms. The van der Waals surface area contributed by atoms with Gasteiger partial charge in [-0.3, -0.25) is 9.59 Å². The Morgan fingerprint density at radius 3 is 1.79 bits per heavy atom. The smallest absolute Gasteiger partial charge is 0.224 e. The normalized spacial score (nSPS) is 10.2. The van der Waals surface area contributed by atoms with Gasteiger partial charge in [0.1, 0.15) is 0 Å². The number of nitrogens with two attached hydrogens (primary N) is 1. The highest BCUT2D eigenvalue weighted by molar-refractivity contribution is 6.00. The molecular formula is C17H27N3O4. The lowest BCUT2D eigenvalue weighted by atomic mass is 10.2. The molecule has 0 aliphatic heterocycles. The maximum atomic E-state index is 12.0. The number of benzene rings is 1. The van der Waals surface area contributed by atoms with Gasteiger partial charge in [0.15, 0.2) is 11.5 Å². The zero-order chi connectivity index (χ0) is 17.9. The van der Waals surface area contributed by atoms with Crippen molar-refractivity contribution in [2.24, 2.45) is 5.73 Å². The van der Waals surface area contributed by atoms with Crippen molar-refractivity contribution >= 4 is 23.2 Å². The molecule has 0 aliphatic carbocycles. The lowest BCUT2D eigenvalue weighted by Crippen LogP contribution is -2.17. The summed E-state index contributed by atoms with van der Waals surface area (Å²) in [5.74, 6) is 0.666. The lowest BCUT2D eigenvalue weighted by Gasteiger charge is -2.16. The van der Waals surface area contributed by atoms with Crippen molar-refractivity contribution in [2.75, 3.05) is 31.4 Å². The Morgan fingerprint density at radius 2 is 1.42 bits per heavy atom. The fourth-order valence-corrected chi connectivity index (χ4v) is 2.11. The summed E-state index contributed by atoms with van der Waals surface area (Å²) in [7, 11) is 3.03. The summed E-state index contributed by atoms with van der Waals surface area (Å²) in [6.07, 6.45) is 3.07. The third-order valence-corrected chi connectivity index (χ3v) is 3.44. The average molecular weight is 337 g/mol. The van der Waals surface area contributed by atoms with E-state index < -0.39 is 0 Å². The first kappa shape index (κ1) is 19.8. The summed E-state index contributed by atoms with van der Waals surface area (Å²) >= 11 is 0. The highest BCUT2D eigenvalue weighted by Crippen LogP contribution is 2.36. The van der Waals surface area contributed by atoms with E-state index in [4.69, 9.17) is 15.2 Å². The zero-order valence-electron chi connectivity index (χ0n) is 14.6. The fraction of sp³-hybridized carbons (Fsp3) is 0.529. The van der Waals surface area contributed by atoms with Crippen molar-refractivity contribution in [1.82, 2.24) is 0 Å². The molecule has 0 fully saturated rings. The van der Waals surface area contributed by atoms with E-state index in [9.17, 15) is 9.59 Å². The third kappa shape index (κ3) is 6.08. The van der Waals surface area contributed by atoms with Gasteiger partial charge < -0.3 is 25.8 Å². The van der Waals surface area contributed by atoms with E-state index in [-0.39, 0.29) is 11.8 Å². The van der Waals surface area contributed by atoms with Crippen LogP contribution in [0.4, 0.5) is 11.4 Å². The molecule has 7 nitrogen and oxygen atoms in total. The number of hydrogen-bond donors (Lipinski definition) is 3. The van der Waals surface area contributed by atoms with Gasteiger partial charge in [0.05, 0.1) is 25.6 Å². The maximum absolute atomic E-state index is 12.0. The molecule has 0 saturated heterocycles. The fourth-order valence-electron chi connectivity index (χ4n) is 2.11. The summed E-state index contributed by atoms with van der Waals surface area (Å²) in [6, 6.07) is 3.27. The first-order valence-electron chi connectivity index (χ1n) is 8.11. The molecule has 0 atom stereocenters. The number of carbonyl (C=O) groups is 2. The average Bonchev–Trinajstić information content (AvgIpc) is 2.58. The number of unbranched alkanes of at least 4 members (excludes halogenated alkanes) is 1. The molecule has 1 aromatic carbocycles. The molecular weight excluding hydrogens is 310 g/mol. The van der Waals surface area contributed by atoms with Crippen LogP contribution in [0.1, 0.15) is 39.0 Å². The van der Waals surface area contributed by atoms with Gasteiger partial charge >= 0.3 is 0 Å². The van der Waals surface area contributed by atoms with E-state index in [2.05, 4.69) is 10.6 Å². The minimum Gasteiger partial charge on any atom is -0.493 e. The van der Waals surface area contributed by atoms with Crippen molar-refractivity contribution in [1.29, 1.82) is 0 Å². The van der Waals surface area contributed by atoms with Crippen molar-refractivity contribution in [3.8, 4) is 11.5 Å². The summed E-state index contributed by atoms with van der Waals surface area (Å²) in [6.45, 7) is 2.47. The van der Waals surface area contributed by atoms with E-state index in [0.717, 1.165) is 12.8 Å². The van der Waals surface area contributed by atoms with E-state index in [1.807, 2.05) is 6.92 Å². The van der Waals surface area contributed by atoms with Crippen LogP contribution in [0.3, 0.4) is 0 Å². The molecule has 0 spiro atoms. The van der Waals surface area contributed by atoms with Crippen LogP contribution >= 0.6 is 0 Å². The molecule has 7 heteroatoms. The maximum Gasteiger partial charge on any atom is 0.224 e. The molecule has 0 saturated carbocycles. The summed E-state index contributed by atoms with van der Waals surface area (Å²) in [5, 5.41) is 5.61. The van der Waals surface area contributed by atoms with Crippen LogP contribution in [0.15, 0.2) is 12.1 Å². The Labute approximate surface area is 142 Å². The summed E-state index contributed by atoms with van der Waals surface area (Å²) in [5.41, 5.74) is 6.38. The highest BCUT2D eigenvalue weighted by Gasteiger charge is 2.15. The second-order valence-electron chi connectivity index (χ2n) is 5.34. The van der Waals surface area contributed by atoms with Crippen LogP contribution in [0.5, 0.6) is 11.5 Å². The molecule has 1 aromatic rings. The van der Waals surface area contributed by atoms with Crippen LogP contribution in [0.2, 0.25) is 0 Å². The quantitative estimate of drug-likeness (QED) is 0.609. The molecule has 0 aromatic heterocycles. The SMILES string of the molecule is CCCCC(=O)Nc1cc(OC)c(OC)cc1NC(=O)CCCN. The molecule has 2 amide bonds. The van der Waals surface area contributed by atoms with Crippen molar-refractivity contribution < 1.29 is 19.1 Å². The van der Waals surface area contributed by atoms with Crippen molar-refractivity contribution in [3.05, 3.63) is 12.1 Å². The predicted molar refractivity (Wildman–Crippen MR) is 94.6 cm³/mol. The van der Waals surface area contributed by atoms with Crippen LogP contribution in [0.25, 0.3) is 0 Å². The van der Waals surface area contributed by atoms with Crippen molar-refractivity contribution in [2.45, 2.75) is 39.0 Å². The van der Waals surface area contributed by atoms with E-state index in [1.165, 1.54) is 14.2 Å². The van der Waals surface area contributed by atoms with Gasteiger partial charge in [0, 0.05) is 25.0 Å². The Bertz CT molecular complexity index is 512. The molecule has 0 heterocycles. The first-order chi connectivity index (χ1) is 11.5. The molecule has 0 aliphatic rings. The van der Waals surface area contributed by atoms with Crippen LogP contribution in [0, 0.1) is 0 Å². The van der Waals surface area contributed by atoms with Gasteiger partial charge in [-0.05, 0) is 19.4 Å². The molecule has 134 valence electrons. The Morgan fingerprint density at radius 1 is 0.958 bits per heavy atom. The van der Waals surface area contributed by atoms with Gasteiger partial charge in [-0.2, -0.15) is 0 Å². The number of nitrogens with one attached hydrogen (secondary N) is 2.